The summed E-state index contributed by atoms with van der Waals surface area (Å²) in [4.78, 5) is 15.4. The van der Waals surface area contributed by atoms with Crippen LogP contribution < -0.4 is 0 Å². The monoisotopic (exact) mass is 458 g/mol. The third-order valence-electron chi connectivity index (χ3n) is 6.30. The summed E-state index contributed by atoms with van der Waals surface area (Å²) in [5.74, 6) is 0.335. The zero-order chi connectivity index (χ0) is 23.3. The van der Waals surface area contributed by atoms with Gasteiger partial charge >= 0.3 is 0 Å². The molecule has 0 unspecified atom stereocenters. The Hall–Kier alpha value is -2.22. The van der Waals surface area contributed by atoms with Crippen LogP contribution in [-0.2, 0) is 21.3 Å². The van der Waals surface area contributed by atoms with E-state index in [0.717, 1.165) is 24.0 Å². The van der Waals surface area contributed by atoms with Crippen LogP contribution in [0.4, 0.5) is 0 Å². The summed E-state index contributed by atoms with van der Waals surface area (Å²) >= 11 is 0. The van der Waals surface area contributed by atoms with E-state index in [9.17, 15) is 13.2 Å². The normalized spacial score (nSPS) is 15.6. The molecule has 1 amide bonds. The first kappa shape index (κ1) is 24.4. The van der Waals surface area contributed by atoms with Crippen LogP contribution in [0.5, 0.6) is 0 Å². The number of amides is 1. The highest BCUT2D eigenvalue weighted by Gasteiger charge is 2.31. The standard InChI is InChI=1S/C25H34N2O4S/c1-19-10-12-27(13-11-19)32(29,30)24-17-23(16-20(2)21(24)3)25(28)26(14-15-31-4)18-22-8-6-5-7-9-22/h5-9,16-17,19H,10-15,18H2,1-4H3. The number of methoxy groups -OCH3 is 1. The highest BCUT2D eigenvalue weighted by molar-refractivity contribution is 7.89. The van der Waals surface area contributed by atoms with Crippen LogP contribution in [0.2, 0.25) is 0 Å². The topological polar surface area (TPSA) is 66.9 Å². The summed E-state index contributed by atoms with van der Waals surface area (Å²) in [6, 6.07) is 13.1. The van der Waals surface area contributed by atoms with E-state index in [0.29, 0.717) is 49.8 Å². The molecule has 7 heteroatoms. The van der Waals surface area contributed by atoms with Gasteiger partial charge in [0, 0.05) is 38.9 Å². The van der Waals surface area contributed by atoms with Gasteiger partial charge < -0.3 is 9.64 Å². The highest BCUT2D eigenvalue weighted by atomic mass is 32.2. The number of sulfonamides is 1. The van der Waals surface area contributed by atoms with Crippen molar-refractivity contribution in [3.05, 3.63) is 64.7 Å². The average Bonchev–Trinajstić information content (AvgIpc) is 2.78. The fourth-order valence-electron chi connectivity index (χ4n) is 4.02. The Labute approximate surface area is 192 Å². The van der Waals surface area contributed by atoms with E-state index in [2.05, 4.69) is 6.92 Å². The lowest BCUT2D eigenvalue weighted by molar-refractivity contribution is 0.0680. The molecular formula is C25H34N2O4S. The second kappa shape index (κ2) is 10.6. The summed E-state index contributed by atoms with van der Waals surface area (Å²) < 4.78 is 33.7. The Morgan fingerprint density at radius 2 is 1.78 bits per heavy atom. The predicted molar refractivity (Wildman–Crippen MR) is 126 cm³/mol. The van der Waals surface area contributed by atoms with E-state index in [1.165, 1.54) is 0 Å². The smallest absolute Gasteiger partial charge is 0.254 e. The van der Waals surface area contributed by atoms with Crippen molar-refractivity contribution in [1.82, 2.24) is 9.21 Å². The maximum absolute atomic E-state index is 13.5. The van der Waals surface area contributed by atoms with Crippen molar-refractivity contribution in [2.45, 2.75) is 45.1 Å². The van der Waals surface area contributed by atoms with Gasteiger partial charge in [-0.15, -0.1) is 0 Å². The lowest BCUT2D eigenvalue weighted by Gasteiger charge is -2.30. The summed E-state index contributed by atoms with van der Waals surface area (Å²) in [5.41, 5.74) is 2.90. The molecule has 6 nitrogen and oxygen atoms in total. The van der Waals surface area contributed by atoms with E-state index in [4.69, 9.17) is 4.74 Å². The lowest BCUT2D eigenvalue weighted by Crippen LogP contribution is -2.38. The number of benzene rings is 2. The first-order valence-electron chi connectivity index (χ1n) is 11.2. The molecule has 0 bridgehead atoms. The number of hydrogen-bond acceptors (Lipinski definition) is 4. The predicted octanol–water partition coefficient (Wildman–Crippen LogP) is 4.01. The summed E-state index contributed by atoms with van der Waals surface area (Å²) in [6.07, 6.45) is 1.72. The summed E-state index contributed by atoms with van der Waals surface area (Å²) in [7, 11) is -2.06. The largest absolute Gasteiger partial charge is 0.383 e. The quantitative estimate of drug-likeness (QED) is 0.599. The van der Waals surface area contributed by atoms with Crippen LogP contribution in [0.25, 0.3) is 0 Å². The molecule has 32 heavy (non-hydrogen) atoms. The molecule has 0 N–H and O–H groups in total. The van der Waals surface area contributed by atoms with Crippen molar-refractivity contribution in [2.75, 3.05) is 33.4 Å². The molecule has 1 heterocycles. The maximum Gasteiger partial charge on any atom is 0.254 e. The number of aryl methyl sites for hydroxylation is 1. The number of ether oxygens (including phenoxy) is 1. The van der Waals surface area contributed by atoms with Crippen molar-refractivity contribution < 1.29 is 17.9 Å². The maximum atomic E-state index is 13.5. The zero-order valence-electron chi connectivity index (χ0n) is 19.5. The minimum Gasteiger partial charge on any atom is -0.383 e. The van der Waals surface area contributed by atoms with Gasteiger partial charge in [0.25, 0.3) is 5.91 Å². The molecule has 0 radical (unpaired) electrons. The van der Waals surface area contributed by atoms with Crippen LogP contribution in [0.1, 0.15) is 46.8 Å². The Kier molecular flexibility index (Phi) is 8.09. The SMILES string of the molecule is COCCN(Cc1ccccc1)C(=O)c1cc(C)c(C)c(S(=O)(=O)N2CCC(C)CC2)c1. The van der Waals surface area contributed by atoms with Crippen molar-refractivity contribution in [3.63, 3.8) is 0 Å². The third kappa shape index (κ3) is 5.57. The van der Waals surface area contributed by atoms with E-state index in [1.807, 2.05) is 44.2 Å². The molecule has 174 valence electrons. The lowest BCUT2D eigenvalue weighted by atomic mass is 10.0. The fourth-order valence-corrected chi connectivity index (χ4v) is 5.82. The summed E-state index contributed by atoms with van der Waals surface area (Å²) in [5, 5.41) is 0. The molecule has 2 aromatic rings. The van der Waals surface area contributed by atoms with E-state index in [1.54, 1.807) is 28.4 Å². The molecule has 0 saturated carbocycles. The first-order chi connectivity index (χ1) is 15.2. The van der Waals surface area contributed by atoms with Crippen molar-refractivity contribution >= 4 is 15.9 Å². The Morgan fingerprint density at radius 1 is 1.12 bits per heavy atom. The van der Waals surface area contributed by atoms with Crippen LogP contribution in [0, 0.1) is 19.8 Å². The Balaban J connectivity index is 1.94. The van der Waals surface area contributed by atoms with Gasteiger partial charge in [0.05, 0.1) is 11.5 Å². The Bertz CT molecular complexity index is 1030. The molecule has 1 saturated heterocycles. The molecule has 0 aromatic heterocycles. The average molecular weight is 459 g/mol. The zero-order valence-corrected chi connectivity index (χ0v) is 20.3. The first-order valence-corrected chi connectivity index (χ1v) is 12.6. The second-order valence-electron chi connectivity index (χ2n) is 8.71. The molecule has 0 atom stereocenters. The number of carbonyl (C=O) groups is 1. The second-order valence-corrected chi connectivity index (χ2v) is 10.6. The van der Waals surface area contributed by atoms with Gasteiger partial charge in [-0.25, -0.2) is 8.42 Å². The fraction of sp³-hybridized carbons (Fsp3) is 0.480. The molecule has 3 rings (SSSR count). The molecule has 1 fully saturated rings. The third-order valence-corrected chi connectivity index (χ3v) is 8.32. The number of carbonyl (C=O) groups excluding carboxylic acids is 1. The molecule has 1 aliphatic heterocycles. The van der Waals surface area contributed by atoms with Crippen molar-refractivity contribution in [2.24, 2.45) is 5.92 Å². The van der Waals surface area contributed by atoms with E-state index in [-0.39, 0.29) is 10.8 Å². The Morgan fingerprint density at radius 3 is 2.41 bits per heavy atom. The summed E-state index contributed by atoms with van der Waals surface area (Å²) in [6.45, 7) is 8.13. The molecule has 2 aromatic carbocycles. The van der Waals surface area contributed by atoms with Crippen LogP contribution in [0.3, 0.4) is 0 Å². The van der Waals surface area contributed by atoms with E-state index >= 15 is 0 Å². The van der Waals surface area contributed by atoms with Crippen LogP contribution in [-0.4, -0.2) is 56.9 Å². The molecule has 0 aliphatic carbocycles. The van der Waals surface area contributed by atoms with Gasteiger partial charge in [0.1, 0.15) is 0 Å². The number of hydrogen-bond donors (Lipinski definition) is 0. The van der Waals surface area contributed by atoms with Gasteiger partial charge in [-0.1, -0.05) is 37.3 Å². The number of piperidine rings is 1. The van der Waals surface area contributed by atoms with Crippen LogP contribution in [0.15, 0.2) is 47.4 Å². The molecular weight excluding hydrogens is 424 g/mol. The minimum atomic E-state index is -3.66. The highest BCUT2D eigenvalue weighted by Crippen LogP contribution is 2.28. The molecule has 0 spiro atoms. The van der Waals surface area contributed by atoms with Gasteiger partial charge in [-0.2, -0.15) is 4.31 Å². The van der Waals surface area contributed by atoms with Gasteiger partial charge in [-0.05, 0) is 61.4 Å². The van der Waals surface area contributed by atoms with Crippen molar-refractivity contribution in [1.29, 1.82) is 0 Å². The van der Waals surface area contributed by atoms with Gasteiger partial charge in [-0.3, -0.25) is 4.79 Å². The van der Waals surface area contributed by atoms with Crippen LogP contribution >= 0.6 is 0 Å². The van der Waals surface area contributed by atoms with Gasteiger partial charge in [0.15, 0.2) is 0 Å². The van der Waals surface area contributed by atoms with Gasteiger partial charge in [0.2, 0.25) is 10.0 Å². The van der Waals surface area contributed by atoms with Crippen molar-refractivity contribution in [3.8, 4) is 0 Å². The minimum absolute atomic E-state index is 0.197. The number of rotatable bonds is 8. The van der Waals surface area contributed by atoms with E-state index < -0.39 is 10.0 Å². The molecule has 1 aliphatic rings. The number of nitrogens with zero attached hydrogens (tertiary/aromatic N) is 2.